The van der Waals surface area contributed by atoms with E-state index in [4.69, 9.17) is 11.6 Å². The molecule has 5 heteroatoms. The lowest BCUT2D eigenvalue weighted by Crippen LogP contribution is -2.02. The molecule has 0 unspecified atom stereocenters. The molecule has 0 spiro atoms. The van der Waals surface area contributed by atoms with E-state index in [1.165, 1.54) is 10.5 Å². The highest BCUT2D eigenvalue weighted by Gasteiger charge is 2.16. The first-order chi connectivity index (χ1) is 9.22. The molecule has 0 fully saturated rings. The Labute approximate surface area is 121 Å². The number of halogens is 1. The first-order valence-electron chi connectivity index (χ1n) is 6.17. The largest absolute Gasteiger partial charge is 0.307 e. The summed E-state index contributed by atoms with van der Waals surface area (Å²) < 4.78 is 0. The van der Waals surface area contributed by atoms with Crippen LogP contribution in [0.5, 0.6) is 0 Å². The van der Waals surface area contributed by atoms with Crippen LogP contribution in [0.3, 0.4) is 0 Å². The fraction of sp³-hybridized carbons (Fsp3) is 0.286. The van der Waals surface area contributed by atoms with Crippen LogP contribution in [0.2, 0.25) is 5.02 Å². The Morgan fingerprint density at radius 1 is 1.21 bits per heavy atom. The smallest absolute Gasteiger partial charge is 0.139 e. The van der Waals surface area contributed by atoms with Gasteiger partial charge in [-0.3, -0.25) is 0 Å². The average molecular weight is 292 g/mol. The number of nitrogens with one attached hydrogen (secondary N) is 1. The molecule has 0 atom stereocenters. The summed E-state index contributed by atoms with van der Waals surface area (Å²) in [6.07, 6.45) is 0. The monoisotopic (exact) mass is 291 g/mol. The molecule has 1 aliphatic rings. The Balaban J connectivity index is 1.73. The van der Waals surface area contributed by atoms with Crippen molar-refractivity contribution >= 4 is 23.4 Å². The fourth-order valence-corrected chi connectivity index (χ4v) is 3.02. The summed E-state index contributed by atoms with van der Waals surface area (Å²) in [4.78, 5) is 10.4. The van der Waals surface area contributed by atoms with Gasteiger partial charge >= 0.3 is 0 Å². The van der Waals surface area contributed by atoms with Crippen molar-refractivity contribution in [3.8, 4) is 0 Å². The molecule has 0 bridgehead atoms. The highest BCUT2D eigenvalue weighted by Crippen LogP contribution is 2.24. The standard InChI is InChI=1S/C14H14ClN3S/c1-9-12-6-16-7-13(12)18-14(17-9)8-19-11-4-2-10(15)3-5-11/h2-5,16H,6-8H2,1H3. The van der Waals surface area contributed by atoms with Crippen molar-refractivity contribution < 1.29 is 0 Å². The van der Waals surface area contributed by atoms with Gasteiger partial charge in [-0.2, -0.15) is 0 Å². The first kappa shape index (κ1) is 12.9. The number of aromatic nitrogens is 2. The van der Waals surface area contributed by atoms with Crippen molar-refractivity contribution in [1.29, 1.82) is 0 Å². The summed E-state index contributed by atoms with van der Waals surface area (Å²) in [7, 11) is 0. The van der Waals surface area contributed by atoms with Gasteiger partial charge in [0.15, 0.2) is 0 Å². The molecule has 1 N–H and O–H groups in total. The molecule has 3 rings (SSSR count). The maximum atomic E-state index is 5.87. The van der Waals surface area contributed by atoms with Crippen molar-refractivity contribution in [2.45, 2.75) is 30.7 Å². The quantitative estimate of drug-likeness (QED) is 0.880. The lowest BCUT2D eigenvalue weighted by Gasteiger charge is -2.06. The Kier molecular flexibility index (Phi) is 3.73. The van der Waals surface area contributed by atoms with Crippen LogP contribution in [0.1, 0.15) is 22.8 Å². The number of rotatable bonds is 3. The maximum absolute atomic E-state index is 5.87. The van der Waals surface area contributed by atoms with Crippen LogP contribution in [-0.2, 0) is 18.8 Å². The summed E-state index contributed by atoms with van der Waals surface area (Å²) in [6.45, 7) is 3.81. The molecule has 1 aromatic carbocycles. The third-order valence-corrected chi connectivity index (χ3v) is 4.38. The summed E-state index contributed by atoms with van der Waals surface area (Å²) in [5.74, 6) is 1.69. The first-order valence-corrected chi connectivity index (χ1v) is 7.53. The summed E-state index contributed by atoms with van der Waals surface area (Å²) in [5.41, 5.74) is 3.51. The highest BCUT2D eigenvalue weighted by molar-refractivity contribution is 7.98. The number of nitrogens with zero attached hydrogens (tertiary/aromatic N) is 2. The molecule has 1 aliphatic heterocycles. The van der Waals surface area contributed by atoms with E-state index in [1.54, 1.807) is 11.8 Å². The third kappa shape index (κ3) is 2.91. The van der Waals surface area contributed by atoms with Crippen molar-refractivity contribution in [2.75, 3.05) is 0 Å². The van der Waals surface area contributed by atoms with E-state index in [0.29, 0.717) is 0 Å². The molecule has 1 aromatic heterocycles. The van der Waals surface area contributed by atoms with Gasteiger partial charge in [0.2, 0.25) is 0 Å². The number of benzene rings is 1. The van der Waals surface area contributed by atoms with Gasteiger partial charge in [0.25, 0.3) is 0 Å². The van der Waals surface area contributed by atoms with Crippen LogP contribution < -0.4 is 5.32 Å². The zero-order valence-corrected chi connectivity index (χ0v) is 12.2. The van der Waals surface area contributed by atoms with Gasteiger partial charge in [0.1, 0.15) is 5.82 Å². The van der Waals surface area contributed by atoms with E-state index in [2.05, 4.69) is 22.2 Å². The molecule has 0 amide bonds. The molecule has 2 aromatic rings. The van der Waals surface area contributed by atoms with Crippen molar-refractivity contribution in [3.63, 3.8) is 0 Å². The second-order valence-corrected chi connectivity index (χ2v) is 5.98. The molecule has 0 radical (unpaired) electrons. The number of hydrogen-bond donors (Lipinski definition) is 1. The topological polar surface area (TPSA) is 37.8 Å². The SMILES string of the molecule is Cc1nc(CSc2ccc(Cl)cc2)nc2c1CNC2. The van der Waals surface area contributed by atoms with E-state index in [0.717, 1.165) is 41.1 Å². The lowest BCUT2D eigenvalue weighted by molar-refractivity contribution is 0.756. The molecule has 0 saturated carbocycles. The predicted octanol–water partition coefficient (Wildman–Crippen LogP) is 3.33. The van der Waals surface area contributed by atoms with E-state index in [1.807, 2.05) is 24.3 Å². The van der Waals surface area contributed by atoms with Gasteiger partial charge in [-0.15, -0.1) is 11.8 Å². The Bertz CT molecular complexity index is 598. The zero-order valence-electron chi connectivity index (χ0n) is 10.6. The molecule has 0 saturated heterocycles. The molecular weight excluding hydrogens is 278 g/mol. The normalized spacial score (nSPS) is 13.6. The van der Waals surface area contributed by atoms with E-state index >= 15 is 0 Å². The van der Waals surface area contributed by atoms with Crippen LogP contribution in [0.15, 0.2) is 29.2 Å². The summed E-state index contributed by atoms with van der Waals surface area (Å²) in [6, 6.07) is 7.86. The third-order valence-electron chi connectivity index (χ3n) is 3.12. The second kappa shape index (κ2) is 5.49. The Morgan fingerprint density at radius 2 is 2.00 bits per heavy atom. The number of hydrogen-bond acceptors (Lipinski definition) is 4. The number of thioether (sulfide) groups is 1. The Morgan fingerprint density at radius 3 is 2.79 bits per heavy atom. The maximum Gasteiger partial charge on any atom is 0.139 e. The van der Waals surface area contributed by atoms with Crippen LogP contribution in [0.4, 0.5) is 0 Å². The van der Waals surface area contributed by atoms with Gasteiger partial charge < -0.3 is 5.32 Å². The van der Waals surface area contributed by atoms with Gasteiger partial charge in [0, 0.05) is 34.3 Å². The molecule has 98 valence electrons. The van der Waals surface area contributed by atoms with Crippen molar-refractivity contribution in [1.82, 2.24) is 15.3 Å². The van der Waals surface area contributed by atoms with Crippen LogP contribution >= 0.6 is 23.4 Å². The molecular formula is C14H14ClN3S. The lowest BCUT2D eigenvalue weighted by atomic mass is 10.2. The minimum atomic E-state index is 0.764. The average Bonchev–Trinajstić information content (AvgIpc) is 2.87. The number of aryl methyl sites for hydroxylation is 1. The highest BCUT2D eigenvalue weighted by atomic mass is 35.5. The van der Waals surface area contributed by atoms with E-state index < -0.39 is 0 Å². The molecule has 19 heavy (non-hydrogen) atoms. The molecule has 0 aliphatic carbocycles. The molecule has 2 heterocycles. The van der Waals surface area contributed by atoms with Crippen LogP contribution in [-0.4, -0.2) is 9.97 Å². The van der Waals surface area contributed by atoms with Gasteiger partial charge in [-0.05, 0) is 31.2 Å². The fourth-order valence-electron chi connectivity index (χ4n) is 2.14. The van der Waals surface area contributed by atoms with Crippen molar-refractivity contribution in [2.24, 2.45) is 0 Å². The summed E-state index contributed by atoms with van der Waals surface area (Å²) in [5, 5.41) is 4.08. The van der Waals surface area contributed by atoms with E-state index in [9.17, 15) is 0 Å². The van der Waals surface area contributed by atoms with Crippen molar-refractivity contribution in [3.05, 3.63) is 52.1 Å². The Hall–Kier alpha value is -1.10. The summed E-state index contributed by atoms with van der Waals surface area (Å²) >= 11 is 7.60. The minimum absolute atomic E-state index is 0.764. The van der Waals surface area contributed by atoms with Crippen LogP contribution in [0.25, 0.3) is 0 Å². The van der Waals surface area contributed by atoms with Gasteiger partial charge in [-0.25, -0.2) is 9.97 Å². The minimum Gasteiger partial charge on any atom is -0.307 e. The molecule has 3 nitrogen and oxygen atoms in total. The van der Waals surface area contributed by atoms with Gasteiger partial charge in [-0.1, -0.05) is 11.6 Å². The van der Waals surface area contributed by atoms with E-state index in [-0.39, 0.29) is 0 Å². The van der Waals surface area contributed by atoms with Gasteiger partial charge in [0.05, 0.1) is 11.4 Å². The predicted molar refractivity (Wildman–Crippen MR) is 78.3 cm³/mol. The second-order valence-electron chi connectivity index (χ2n) is 4.50. The number of fused-ring (bicyclic) bond motifs is 1. The zero-order chi connectivity index (χ0) is 13.2. The van der Waals surface area contributed by atoms with Crippen LogP contribution in [0, 0.1) is 6.92 Å².